The molecule has 0 atom stereocenters. The topological polar surface area (TPSA) is 116 Å². The molecule has 0 spiro atoms. The van der Waals surface area contributed by atoms with Crippen LogP contribution in [0.2, 0.25) is 0 Å². The van der Waals surface area contributed by atoms with Gasteiger partial charge in [0.15, 0.2) is 0 Å². The molecule has 29 heavy (non-hydrogen) atoms. The van der Waals surface area contributed by atoms with Crippen molar-refractivity contribution < 1.29 is 19.8 Å². The maximum Gasteiger partial charge on any atom is 0.338 e. The molecule has 0 aliphatic carbocycles. The first kappa shape index (κ1) is 20.1. The van der Waals surface area contributed by atoms with Crippen LogP contribution in [0.3, 0.4) is 0 Å². The lowest BCUT2D eigenvalue weighted by Gasteiger charge is -2.20. The Balaban J connectivity index is 2.68. The molecule has 7 nitrogen and oxygen atoms in total. The molecule has 0 aliphatic heterocycles. The average Bonchev–Trinajstić information content (AvgIpc) is 2.99. The first-order valence-corrected chi connectivity index (χ1v) is 9.16. The Labute approximate surface area is 167 Å². The molecule has 1 heterocycles. The summed E-state index contributed by atoms with van der Waals surface area (Å²) in [7, 11) is 0. The zero-order valence-electron chi connectivity index (χ0n) is 16.9. The van der Waals surface area contributed by atoms with E-state index in [0.29, 0.717) is 23.3 Å². The van der Waals surface area contributed by atoms with Crippen molar-refractivity contribution in [3.63, 3.8) is 0 Å². The fraction of sp³-hybridized carbons (Fsp3) is 0.273. The number of aromatic nitrogens is 2. The highest BCUT2D eigenvalue weighted by Gasteiger charge is 2.30. The number of carbonyl (C=O) groups is 2. The highest BCUT2D eigenvalue weighted by atomic mass is 16.4. The van der Waals surface area contributed by atoms with Crippen LogP contribution in [0.4, 0.5) is 0 Å². The van der Waals surface area contributed by atoms with Gasteiger partial charge < -0.3 is 10.2 Å². The second kappa shape index (κ2) is 7.06. The molecule has 0 fully saturated rings. The molecule has 3 rings (SSSR count). The van der Waals surface area contributed by atoms with Crippen molar-refractivity contribution in [2.75, 3.05) is 0 Å². The summed E-state index contributed by atoms with van der Waals surface area (Å²) in [6, 6.07) is 5.81. The van der Waals surface area contributed by atoms with Crippen molar-refractivity contribution >= 4 is 23.0 Å². The lowest BCUT2D eigenvalue weighted by atomic mass is 9.90. The number of aryl methyl sites for hydroxylation is 3. The Morgan fingerprint density at radius 1 is 1.07 bits per heavy atom. The van der Waals surface area contributed by atoms with Gasteiger partial charge in [-0.15, -0.1) is 0 Å². The van der Waals surface area contributed by atoms with E-state index >= 15 is 0 Å². The van der Waals surface area contributed by atoms with Gasteiger partial charge in [0, 0.05) is 6.42 Å². The van der Waals surface area contributed by atoms with Crippen LogP contribution in [0.1, 0.15) is 61.3 Å². The lowest BCUT2D eigenvalue weighted by molar-refractivity contribution is 0.0695. The van der Waals surface area contributed by atoms with Gasteiger partial charge in [-0.2, -0.15) is 5.26 Å². The number of imidazole rings is 1. The number of carboxylic acids is 2. The number of carboxylic acid groups (broad SMARTS) is 2. The van der Waals surface area contributed by atoms with Gasteiger partial charge >= 0.3 is 11.9 Å². The van der Waals surface area contributed by atoms with Gasteiger partial charge in [0.1, 0.15) is 5.82 Å². The third-order valence-electron chi connectivity index (χ3n) is 5.22. The van der Waals surface area contributed by atoms with Crippen LogP contribution in [-0.4, -0.2) is 31.7 Å². The molecule has 2 N–H and O–H groups in total. The standard InChI is InChI=1S/C22H21N3O4/c1-6-16-24-19-11(3)7-10(2)8-15(19)25(16)20-17(21(26)27)12(4)14(9-23)13(5)18(20)22(28)29/h7-8H,6H2,1-5H3,(H,26,27)(H,28,29). The molecule has 1 aromatic heterocycles. The molecule has 0 unspecified atom stereocenters. The third-order valence-corrected chi connectivity index (χ3v) is 5.22. The first-order valence-electron chi connectivity index (χ1n) is 9.16. The largest absolute Gasteiger partial charge is 0.478 e. The van der Waals surface area contributed by atoms with E-state index in [-0.39, 0.29) is 33.5 Å². The molecular formula is C22H21N3O4. The Kier molecular flexibility index (Phi) is 4.89. The molecule has 2 aromatic carbocycles. The quantitative estimate of drug-likeness (QED) is 0.692. The van der Waals surface area contributed by atoms with Gasteiger partial charge in [-0.1, -0.05) is 13.0 Å². The van der Waals surface area contributed by atoms with Crippen LogP contribution in [0.5, 0.6) is 0 Å². The molecule has 0 saturated heterocycles. The molecular weight excluding hydrogens is 370 g/mol. The molecule has 0 bridgehead atoms. The lowest BCUT2D eigenvalue weighted by Crippen LogP contribution is -2.18. The summed E-state index contributed by atoms with van der Waals surface area (Å²) in [6.07, 6.45) is 0.476. The van der Waals surface area contributed by atoms with Gasteiger partial charge in [0.05, 0.1) is 39.5 Å². The molecule has 148 valence electrons. The van der Waals surface area contributed by atoms with Gasteiger partial charge in [-0.3, -0.25) is 4.57 Å². The summed E-state index contributed by atoms with van der Waals surface area (Å²) in [6.45, 7) is 8.78. The van der Waals surface area contributed by atoms with Crippen molar-refractivity contribution in [3.8, 4) is 11.8 Å². The number of rotatable bonds is 4. The number of nitrogens with zero attached hydrogens (tertiary/aromatic N) is 3. The Morgan fingerprint density at radius 3 is 2.07 bits per heavy atom. The monoisotopic (exact) mass is 391 g/mol. The summed E-state index contributed by atoms with van der Waals surface area (Å²) in [5.74, 6) is -2.02. The van der Waals surface area contributed by atoms with E-state index in [1.165, 1.54) is 13.8 Å². The second-order valence-corrected chi connectivity index (χ2v) is 7.11. The maximum absolute atomic E-state index is 12.2. The summed E-state index contributed by atoms with van der Waals surface area (Å²) < 4.78 is 1.63. The van der Waals surface area contributed by atoms with E-state index in [4.69, 9.17) is 0 Å². The maximum atomic E-state index is 12.2. The van der Waals surface area contributed by atoms with Crippen LogP contribution >= 0.6 is 0 Å². The van der Waals surface area contributed by atoms with E-state index < -0.39 is 11.9 Å². The fourth-order valence-corrected chi connectivity index (χ4v) is 3.98. The highest BCUT2D eigenvalue weighted by Crippen LogP contribution is 2.35. The van der Waals surface area contributed by atoms with Gasteiger partial charge in [0.2, 0.25) is 0 Å². The zero-order chi connectivity index (χ0) is 21.6. The number of fused-ring (bicyclic) bond motifs is 1. The number of benzene rings is 2. The first-order chi connectivity index (χ1) is 13.6. The van der Waals surface area contributed by atoms with E-state index in [9.17, 15) is 25.1 Å². The van der Waals surface area contributed by atoms with Crippen molar-refractivity contribution in [1.82, 2.24) is 9.55 Å². The normalized spacial score (nSPS) is 10.9. The van der Waals surface area contributed by atoms with Gasteiger partial charge in [-0.25, -0.2) is 14.6 Å². The number of nitriles is 1. The second-order valence-electron chi connectivity index (χ2n) is 7.11. The Hall–Kier alpha value is -3.66. The van der Waals surface area contributed by atoms with Crippen molar-refractivity contribution in [3.05, 3.63) is 56.9 Å². The predicted molar refractivity (Wildman–Crippen MR) is 108 cm³/mol. The molecule has 7 heteroatoms. The average molecular weight is 391 g/mol. The number of aromatic carboxylic acids is 2. The van der Waals surface area contributed by atoms with Gasteiger partial charge in [-0.05, 0) is 56.0 Å². The van der Waals surface area contributed by atoms with E-state index in [0.717, 1.165) is 11.1 Å². The van der Waals surface area contributed by atoms with E-state index in [1.54, 1.807) is 4.57 Å². The van der Waals surface area contributed by atoms with Crippen molar-refractivity contribution in [2.45, 2.75) is 41.0 Å². The minimum absolute atomic E-state index is 0.0448. The van der Waals surface area contributed by atoms with Crippen molar-refractivity contribution in [1.29, 1.82) is 5.26 Å². The minimum Gasteiger partial charge on any atom is -0.478 e. The van der Waals surface area contributed by atoms with Gasteiger partial charge in [0.25, 0.3) is 0 Å². The Bertz CT molecular complexity index is 1200. The summed E-state index contributed by atoms with van der Waals surface area (Å²) in [5, 5.41) is 29.5. The highest BCUT2D eigenvalue weighted by molar-refractivity contribution is 6.04. The van der Waals surface area contributed by atoms with Crippen LogP contribution in [0, 0.1) is 39.0 Å². The molecule has 0 amide bonds. The smallest absolute Gasteiger partial charge is 0.338 e. The van der Waals surface area contributed by atoms with Crippen LogP contribution < -0.4 is 0 Å². The summed E-state index contributed by atoms with van der Waals surface area (Å²) in [5.41, 5.74) is 3.42. The third kappa shape index (κ3) is 2.93. The molecule has 3 aromatic rings. The van der Waals surface area contributed by atoms with Crippen LogP contribution in [0.15, 0.2) is 12.1 Å². The minimum atomic E-state index is -1.29. The predicted octanol–water partition coefficient (Wildman–Crippen LogP) is 4.09. The van der Waals surface area contributed by atoms with E-state index in [1.807, 2.05) is 39.0 Å². The zero-order valence-corrected chi connectivity index (χ0v) is 16.9. The number of hydrogen-bond acceptors (Lipinski definition) is 4. The fourth-order valence-electron chi connectivity index (χ4n) is 3.98. The summed E-state index contributed by atoms with van der Waals surface area (Å²) >= 11 is 0. The molecule has 0 saturated carbocycles. The summed E-state index contributed by atoms with van der Waals surface area (Å²) in [4.78, 5) is 29.1. The molecule has 0 radical (unpaired) electrons. The van der Waals surface area contributed by atoms with E-state index in [2.05, 4.69) is 4.98 Å². The van der Waals surface area contributed by atoms with Crippen molar-refractivity contribution in [2.24, 2.45) is 0 Å². The van der Waals surface area contributed by atoms with Crippen LogP contribution in [-0.2, 0) is 6.42 Å². The number of hydrogen-bond donors (Lipinski definition) is 2. The SMILES string of the molecule is CCc1nc2c(C)cc(C)cc2n1-c1c(C(=O)O)c(C)c(C#N)c(C)c1C(=O)O. The van der Waals surface area contributed by atoms with Crippen LogP contribution in [0.25, 0.3) is 16.7 Å². The molecule has 0 aliphatic rings. The Morgan fingerprint density at radius 2 is 1.62 bits per heavy atom.